The first kappa shape index (κ1) is 26.0. The Kier molecular flexibility index (Phi) is 7.53. The number of hydrogen-bond donors (Lipinski definition) is 0. The first-order chi connectivity index (χ1) is 18.3. The van der Waals surface area contributed by atoms with E-state index in [0.717, 1.165) is 18.5 Å². The first-order valence-electron chi connectivity index (χ1n) is 12.7. The van der Waals surface area contributed by atoms with E-state index in [2.05, 4.69) is 16.3 Å². The van der Waals surface area contributed by atoms with Crippen molar-refractivity contribution in [1.29, 1.82) is 0 Å². The number of nitrogens with zero attached hydrogens (tertiary/aromatic N) is 4. The zero-order valence-corrected chi connectivity index (χ0v) is 21.9. The summed E-state index contributed by atoms with van der Waals surface area (Å²) in [6.07, 6.45) is 1.25. The second-order valence-corrected chi connectivity index (χ2v) is 10.8. The number of rotatable bonds is 6. The maximum atomic E-state index is 14.1. The van der Waals surface area contributed by atoms with E-state index in [9.17, 15) is 24.1 Å². The number of carbonyl (C=O) groups excluding carboxylic acids is 2. The zero-order chi connectivity index (χ0) is 26.8. The van der Waals surface area contributed by atoms with Crippen molar-refractivity contribution >= 4 is 28.8 Å². The molecule has 0 bridgehead atoms. The minimum absolute atomic E-state index is 0.0355. The van der Waals surface area contributed by atoms with Crippen LogP contribution in [0.1, 0.15) is 45.7 Å². The molecule has 5 rings (SSSR count). The van der Waals surface area contributed by atoms with Gasteiger partial charge >= 0.3 is 0 Å². The van der Waals surface area contributed by atoms with Crippen molar-refractivity contribution in [3.05, 3.63) is 97.5 Å². The number of benzene rings is 2. The van der Waals surface area contributed by atoms with Crippen LogP contribution in [0, 0.1) is 15.9 Å². The number of carbonyl (C=O) groups is 2. The van der Waals surface area contributed by atoms with Gasteiger partial charge in [0, 0.05) is 67.8 Å². The number of non-ortho nitro benzene ring substituents is 1. The topological polar surface area (TPSA) is 87.0 Å². The molecule has 0 radical (unpaired) electrons. The van der Waals surface area contributed by atoms with Gasteiger partial charge in [0.2, 0.25) is 5.91 Å². The summed E-state index contributed by atoms with van der Waals surface area (Å²) in [6, 6.07) is 14.1. The van der Waals surface area contributed by atoms with Crippen LogP contribution in [0.2, 0.25) is 0 Å². The number of nitro groups is 1. The Labute approximate surface area is 224 Å². The fourth-order valence-corrected chi connectivity index (χ4v) is 6.35. The Morgan fingerprint density at radius 3 is 2.61 bits per heavy atom. The van der Waals surface area contributed by atoms with Crippen molar-refractivity contribution < 1.29 is 18.9 Å². The maximum absolute atomic E-state index is 14.1. The third kappa shape index (κ3) is 5.32. The molecule has 0 aliphatic carbocycles. The predicted octanol–water partition coefficient (Wildman–Crippen LogP) is 4.51. The molecule has 1 fully saturated rings. The fraction of sp³-hybridized carbons (Fsp3) is 0.357. The standard InChI is InChI=1S/C28H29FN4O4S/c1-19-18-31(14-15-32(19)28(35)20-5-7-23(8-6-20)33(36)37)26(34)10-13-30-12-9-25-24(11-16-38-25)27(30)21-3-2-4-22(29)17-21/h2-8,11,16-17,19,27H,9-10,12-15,18H2,1H3/t19-,27+/m1/s1. The van der Waals surface area contributed by atoms with Gasteiger partial charge in [-0.15, -0.1) is 11.3 Å². The van der Waals surface area contributed by atoms with E-state index in [4.69, 9.17) is 0 Å². The van der Waals surface area contributed by atoms with Crippen LogP contribution in [0.15, 0.2) is 60.0 Å². The molecule has 1 aromatic heterocycles. The molecule has 0 saturated carbocycles. The molecule has 3 heterocycles. The van der Waals surface area contributed by atoms with E-state index in [1.54, 1.807) is 33.3 Å². The fourth-order valence-electron chi connectivity index (χ4n) is 5.45. The molecule has 2 aliphatic rings. The minimum Gasteiger partial charge on any atom is -0.339 e. The Hall–Kier alpha value is -3.63. The van der Waals surface area contributed by atoms with Gasteiger partial charge in [-0.25, -0.2) is 4.39 Å². The summed E-state index contributed by atoms with van der Waals surface area (Å²) in [7, 11) is 0. The van der Waals surface area contributed by atoms with Gasteiger partial charge in [0.1, 0.15) is 5.82 Å². The Bertz CT molecular complexity index is 1340. The third-order valence-corrected chi connectivity index (χ3v) is 8.41. The Morgan fingerprint density at radius 1 is 1.11 bits per heavy atom. The summed E-state index contributed by atoms with van der Waals surface area (Å²) in [6.45, 7) is 4.53. The highest BCUT2D eigenvalue weighted by molar-refractivity contribution is 7.10. The van der Waals surface area contributed by atoms with Crippen molar-refractivity contribution in [3.8, 4) is 0 Å². The number of halogens is 1. The summed E-state index contributed by atoms with van der Waals surface area (Å²) >= 11 is 1.72. The molecule has 10 heteroatoms. The number of thiophene rings is 1. The van der Waals surface area contributed by atoms with Crippen LogP contribution < -0.4 is 0 Å². The van der Waals surface area contributed by atoms with Crippen molar-refractivity contribution in [2.45, 2.75) is 31.8 Å². The molecule has 1 saturated heterocycles. The molecule has 0 N–H and O–H groups in total. The van der Waals surface area contributed by atoms with Gasteiger partial charge in [-0.05, 0) is 60.2 Å². The summed E-state index contributed by atoms with van der Waals surface area (Å²) in [5.41, 5.74) is 2.41. The molecule has 2 aliphatic heterocycles. The molecule has 2 aromatic carbocycles. The zero-order valence-electron chi connectivity index (χ0n) is 21.1. The number of piperazine rings is 1. The van der Waals surface area contributed by atoms with Crippen molar-refractivity contribution in [2.24, 2.45) is 0 Å². The van der Waals surface area contributed by atoms with Crippen LogP contribution >= 0.6 is 11.3 Å². The quantitative estimate of drug-likeness (QED) is 0.342. The molecule has 198 valence electrons. The van der Waals surface area contributed by atoms with Crippen LogP contribution in [0.25, 0.3) is 0 Å². The SMILES string of the molecule is C[C@@H]1CN(C(=O)CCN2CCc3sccc3[C@@H]2c2cccc(F)c2)CCN1C(=O)c1ccc([N+](=O)[O-])cc1. The molecular weight excluding hydrogens is 507 g/mol. The summed E-state index contributed by atoms with van der Waals surface area (Å²) in [5, 5.41) is 13.0. The van der Waals surface area contributed by atoms with E-state index in [1.165, 1.54) is 40.8 Å². The van der Waals surface area contributed by atoms with Gasteiger partial charge in [-0.1, -0.05) is 12.1 Å². The highest BCUT2D eigenvalue weighted by Crippen LogP contribution is 2.38. The summed E-state index contributed by atoms with van der Waals surface area (Å²) in [5.74, 6) is -0.429. The van der Waals surface area contributed by atoms with E-state index in [1.807, 2.05) is 13.0 Å². The summed E-state index contributed by atoms with van der Waals surface area (Å²) < 4.78 is 14.1. The molecule has 3 aromatic rings. The largest absolute Gasteiger partial charge is 0.339 e. The average molecular weight is 537 g/mol. The van der Waals surface area contributed by atoms with E-state index in [-0.39, 0.29) is 35.4 Å². The molecule has 38 heavy (non-hydrogen) atoms. The van der Waals surface area contributed by atoms with Crippen molar-refractivity contribution in [3.63, 3.8) is 0 Å². The Morgan fingerprint density at radius 2 is 1.89 bits per heavy atom. The van der Waals surface area contributed by atoms with Crippen molar-refractivity contribution in [1.82, 2.24) is 14.7 Å². The lowest BCUT2D eigenvalue weighted by Gasteiger charge is -2.41. The smallest absolute Gasteiger partial charge is 0.269 e. The highest BCUT2D eigenvalue weighted by atomic mass is 32.1. The lowest BCUT2D eigenvalue weighted by molar-refractivity contribution is -0.384. The van der Waals surface area contributed by atoms with E-state index >= 15 is 0 Å². The monoisotopic (exact) mass is 536 g/mol. The molecule has 8 nitrogen and oxygen atoms in total. The van der Waals surface area contributed by atoms with E-state index in [0.29, 0.717) is 38.2 Å². The molecular formula is C28H29FN4O4S. The summed E-state index contributed by atoms with van der Waals surface area (Å²) in [4.78, 5) is 43.7. The maximum Gasteiger partial charge on any atom is 0.269 e. The number of fused-ring (bicyclic) bond motifs is 1. The Balaban J connectivity index is 1.21. The van der Waals surface area contributed by atoms with Gasteiger partial charge in [-0.2, -0.15) is 0 Å². The van der Waals surface area contributed by atoms with Crippen LogP contribution in [-0.2, 0) is 11.2 Å². The number of amides is 2. The van der Waals surface area contributed by atoms with Crippen LogP contribution in [-0.4, -0.2) is 70.2 Å². The lowest BCUT2D eigenvalue weighted by atomic mass is 9.93. The molecule has 2 amide bonds. The average Bonchev–Trinajstić information content (AvgIpc) is 3.40. The van der Waals surface area contributed by atoms with Gasteiger partial charge < -0.3 is 9.80 Å². The van der Waals surface area contributed by atoms with Gasteiger partial charge in [0.05, 0.1) is 11.0 Å². The number of nitro benzene ring substituents is 1. The van der Waals surface area contributed by atoms with Crippen LogP contribution in [0.5, 0.6) is 0 Å². The normalized spacial score (nSPS) is 19.7. The lowest BCUT2D eigenvalue weighted by Crippen LogP contribution is -2.55. The third-order valence-electron chi connectivity index (χ3n) is 7.41. The van der Waals surface area contributed by atoms with Gasteiger partial charge in [0.15, 0.2) is 0 Å². The van der Waals surface area contributed by atoms with Gasteiger partial charge in [0.25, 0.3) is 11.6 Å². The van der Waals surface area contributed by atoms with Crippen LogP contribution in [0.3, 0.4) is 0 Å². The molecule has 2 atom stereocenters. The number of hydrogen-bond acceptors (Lipinski definition) is 6. The minimum atomic E-state index is -0.495. The van der Waals surface area contributed by atoms with E-state index < -0.39 is 4.92 Å². The van der Waals surface area contributed by atoms with Crippen molar-refractivity contribution in [2.75, 3.05) is 32.7 Å². The first-order valence-corrected chi connectivity index (χ1v) is 13.6. The second kappa shape index (κ2) is 11.0. The van der Waals surface area contributed by atoms with Gasteiger partial charge in [-0.3, -0.25) is 24.6 Å². The van der Waals surface area contributed by atoms with Crippen LogP contribution in [0.4, 0.5) is 10.1 Å². The molecule has 0 spiro atoms. The highest BCUT2D eigenvalue weighted by Gasteiger charge is 2.33. The molecule has 0 unspecified atom stereocenters. The second-order valence-electron chi connectivity index (χ2n) is 9.78. The predicted molar refractivity (Wildman–Crippen MR) is 143 cm³/mol.